The fraction of sp³-hybridized carbons (Fsp3) is 0.0222. The molecule has 0 amide bonds. The average molecular weight is 610 g/mol. The summed E-state index contributed by atoms with van der Waals surface area (Å²) in [6.45, 7) is 0. The molecule has 3 heterocycles. The highest BCUT2D eigenvalue weighted by Crippen LogP contribution is 2.61. The van der Waals surface area contributed by atoms with Crippen molar-refractivity contribution in [3.05, 3.63) is 186 Å². The molecule has 3 heteroatoms. The Bertz CT molecular complexity index is 2740. The van der Waals surface area contributed by atoms with Crippen molar-refractivity contribution in [1.29, 1.82) is 0 Å². The van der Waals surface area contributed by atoms with Crippen LogP contribution in [0.2, 0.25) is 0 Å². The maximum absolute atomic E-state index is 5.36. The van der Waals surface area contributed by atoms with Crippen molar-refractivity contribution < 1.29 is 0 Å². The van der Waals surface area contributed by atoms with Gasteiger partial charge in [0, 0.05) is 27.3 Å². The average Bonchev–Trinajstić information content (AvgIpc) is 3.65. The molecule has 1 spiro atoms. The van der Waals surface area contributed by atoms with Crippen LogP contribution < -0.4 is 0 Å². The minimum atomic E-state index is -0.512. The van der Waals surface area contributed by atoms with E-state index in [0.29, 0.717) is 0 Å². The number of hydrogen-bond acceptors (Lipinski definition) is 2. The van der Waals surface area contributed by atoms with Crippen LogP contribution in [0.5, 0.6) is 0 Å². The van der Waals surface area contributed by atoms with Crippen molar-refractivity contribution in [2.45, 2.75) is 5.41 Å². The third kappa shape index (κ3) is 3.18. The number of para-hydroxylation sites is 3. The van der Waals surface area contributed by atoms with E-state index in [1.165, 1.54) is 60.9 Å². The van der Waals surface area contributed by atoms with Crippen LogP contribution in [-0.2, 0) is 5.41 Å². The van der Waals surface area contributed by atoms with E-state index in [-0.39, 0.29) is 0 Å². The molecule has 0 bridgehead atoms. The maximum atomic E-state index is 5.36. The van der Waals surface area contributed by atoms with Crippen molar-refractivity contribution >= 4 is 32.7 Å². The maximum Gasteiger partial charge on any atom is 0.160 e. The van der Waals surface area contributed by atoms with Gasteiger partial charge in [0.1, 0.15) is 0 Å². The SMILES string of the molecule is c1ccc(-c2nc(-c3cc4c5c(c3)c3ccccc3n5-c3ccccc3C43c4ccccc4-c4ccccc43)nc3ccccc23)cc1. The fourth-order valence-electron chi connectivity index (χ4n) is 8.73. The zero-order chi connectivity index (χ0) is 31.4. The van der Waals surface area contributed by atoms with Gasteiger partial charge in [-0.15, -0.1) is 0 Å². The first kappa shape index (κ1) is 25.8. The number of rotatable bonds is 2. The molecular weight excluding hydrogens is 583 g/mol. The molecule has 0 radical (unpaired) electrons. The molecule has 1 aliphatic carbocycles. The normalized spacial score (nSPS) is 13.6. The third-order valence-corrected chi connectivity index (χ3v) is 10.6. The minimum Gasteiger partial charge on any atom is -0.309 e. The lowest BCUT2D eigenvalue weighted by Crippen LogP contribution is -2.33. The molecule has 0 N–H and O–H groups in total. The van der Waals surface area contributed by atoms with Crippen molar-refractivity contribution in [2.75, 3.05) is 0 Å². The van der Waals surface area contributed by atoms with Crippen molar-refractivity contribution in [2.24, 2.45) is 0 Å². The van der Waals surface area contributed by atoms with Gasteiger partial charge in [-0.05, 0) is 63.7 Å². The van der Waals surface area contributed by atoms with Gasteiger partial charge in [0.05, 0.1) is 33.3 Å². The monoisotopic (exact) mass is 609 g/mol. The van der Waals surface area contributed by atoms with Crippen molar-refractivity contribution in [3.8, 4) is 39.5 Å². The molecule has 7 aromatic carbocycles. The van der Waals surface area contributed by atoms with Gasteiger partial charge >= 0.3 is 0 Å². The molecule has 9 aromatic rings. The van der Waals surface area contributed by atoms with E-state index in [0.717, 1.165) is 33.5 Å². The number of benzene rings is 7. The molecule has 0 unspecified atom stereocenters. The summed E-state index contributed by atoms with van der Waals surface area (Å²) in [6, 6.07) is 59.3. The van der Waals surface area contributed by atoms with Crippen LogP contribution in [0, 0.1) is 0 Å². The van der Waals surface area contributed by atoms with Gasteiger partial charge in [0.15, 0.2) is 5.82 Å². The fourth-order valence-corrected chi connectivity index (χ4v) is 8.73. The highest BCUT2D eigenvalue weighted by atomic mass is 15.0. The van der Waals surface area contributed by atoms with Crippen molar-refractivity contribution in [1.82, 2.24) is 14.5 Å². The molecule has 0 fully saturated rings. The van der Waals surface area contributed by atoms with Crippen LogP contribution in [0.1, 0.15) is 22.3 Å². The van der Waals surface area contributed by atoms with Gasteiger partial charge in [-0.3, -0.25) is 0 Å². The Balaban J connectivity index is 1.33. The van der Waals surface area contributed by atoms with Crippen molar-refractivity contribution in [3.63, 3.8) is 0 Å². The summed E-state index contributed by atoms with van der Waals surface area (Å²) in [5, 5.41) is 3.49. The van der Waals surface area contributed by atoms with E-state index in [2.05, 4.69) is 168 Å². The van der Waals surface area contributed by atoms with Crippen LogP contribution in [0.15, 0.2) is 164 Å². The lowest BCUT2D eigenvalue weighted by atomic mass is 9.65. The predicted octanol–water partition coefficient (Wildman–Crippen LogP) is 10.7. The molecule has 3 nitrogen and oxygen atoms in total. The first-order valence-electron chi connectivity index (χ1n) is 16.5. The highest BCUT2D eigenvalue weighted by molar-refractivity contribution is 6.14. The lowest BCUT2D eigenvalue weighted by molar-refractivity contribution is 0.748. The molecule has 1 aliphatic heterocycles. The lowest BCUT2D eigenvalue weighted by Gasteiger charge is -2.39. The van der Waals surface area contributed by atoms with Crippen LogP contribution >= 0.6 is 0 Å². The summed E-state index contributed by atoms with van der Waals surface area (Å²) in [5.74, 6) is 0.733. The number of fused-ring (bicyclic) bond motifs is 13. The van der Waals surface area contributed by atoms with E-state index < -0.39 is 5.41 Å². The summed E-state index contributed by atoms with van der Waals surface area (Å²) < 4.78 is 2.49. The van der Waals surface area contributed by atoms with E-state index in [1.54, 1.807) is 0 Å². The molecular formula is C45H27N3. The quantitative estimate of drug-likeness (QED) is 0.195. The van der Waals surface area contributed by atoms with Crippen LogP contribution in [0.25, 0.3) is 72.2 Å². The Morgan fingerprint density at radius 3 is 1.85 bits per heavy atom. The second-order valence-corrected chi connectivity index (χ2v) is 12.9. The summed E-state index contributed by atoms with van der Waals surface area (Å²) in [7, 11) is 0. The molecule has 0 saturated carbocycles. The van der Waals surface area contributed by atoms with Gasteiger partial charge in [-0.1, -0.05) is 133 Å². The molecule has 2 aliphatic rings. The Labute approximate surface area is 277 Å². The zero-order valence-corrected chi connectivity index (χ0v) is 25.9. The number of aromatic nitrogens is 3. The van der Waals surface area contributed by atoms with Gasteiger partial charge in [0.2, 0.25) is 0 Å². The molecule has 48 heavy (non-hydrogen) atoms. The minimum absolute atomic E-state index is 0.512. The molecule has 11 rings (SSSR count). The Hall–Kier alpha value is -6.32. The van der Waals surface area contributed by atoms with E-state index >= 15 is 0 Å². The van der Waals surface area contributed by atoms with Gasteiger partial charge in [-0.25, -0.2) is 9.97 Å². The summed E-state index contributed by atoms with van der Waals surface area (Å²) >= 11 is 0. The first-order chi connectivity index (χ1) is 23.8. The largest absolute Gasteiger partial charge is 0.309 e. The second kappa shape index (κ2) is 9.37. The Morgan fingerprint density at radius 2 is 1.06 bits per heavy atom. The van der Waals surface area contributed by atoms with Gasteiger partial charge < -0.3 is 4.57 Å². The van der Waals surface area contributed by atoms with E-state index in [9.17, 15) is 0 Å². The van der Waals surface area contributed by atoms with E-state index in [4.69, 9.17) is 9.97 Å². The number of nitrogens with zero attached hydrogens (tertiary/aromatic N) is 3. The van der Waals surface area contributed by atoms with Gasteiger partial charge in [-0.2, -0.15) is 0 Å². The third-order valence-electron chi connectivity index (χ3n) is 10.6. The summed E-state index contributed by atoms with van der Waals surface area (Å²) in [5.41, 5.74) is 14.9. The Morgan fingerprint density at radius 1 is 0.438 bits per heavy atom. The smallest absolute Gasteiger partial charge is 0.160 e. The molecule has 0 atom stereocenters. The van der Waals surface area contributed by atoms with Crippen LogP contribution in [-0.4, -0.2) is 14.5 Å². The molecule has 222 valence electrons. The first-order valence-corrected chi connectivity index (χ1v) is 16.5. The topological polar surface area (TPSA) is 30.7 Å². The highest BCUT2D eigenvalue weighted by Gasteiger charge is 2.50. The summed E-state index contributed by atoms with van der Waals surface area (Å²) in [6.07, 6.45) is 0. The van der Waals surface area contributed by atoms with E-state index in [1.807, 2.05) is 0 Å². The standard InChI is InChI=1S/C45H27N3/c1-2-14-28(15-3-1)42-33-19-6-11-23-39(33)46-44(47-42)29-26-34-32-18-7-12-24-40(32)48-41-25-13-10-22-37(41)45(38(27-29)43(34)48)35-20-8-4-16-30(35)31-17-5-9-21-36(31)45/h1-27H. The number of hydrogen-bond donors (Lipinski definition) is 0. The van der Waals surface area contributed by atoms with Gasteiger partial charge in [0.25, 0.3) is 0 Å². The molecule has 2 aromatic heterocycles. The summed E-state index contributed by atoms with van der Waals surface area (Å²) in [4.78, 5) is 10.6. The second-order valence-electron chi connectivity index (χ2n) is 12.9. The Kier molecular flexibility index (Phi) is 5.04. The zero-order valence-electron chi connectivity index (χ0n) is 25.9. The van der Waals surface area contributed by atoms with Crippen LogP contribution in [0.4, 0.5) is 0 Å². The van der Waals surface area contributed by atoms with Crippen LogP contribution in [0.3, 0.4) is 0 Å². The predicted molar refractivity (Wildman–Crippen MR) is 196 cm³/mol. The molecule has 0 saturated heterocycles.